The van der Waals surface area contributed by atoms with Gasteiger partial charge in [-0.1, -0.05) is 43.6 Å². The number of rotatable bonds is 1. The molecular formula is C25H33N. The van der Waals surface area contributed by atoms with Crippen LogP contribution in [0.1, 0.15) is 77.3 Å². The van der Waals surface area contributed by atoms with Crippen molar-refractivity contribution in [1.82, 2.24) is 4.98 Å². The van der Waals surface area contributed by atoms with Gasteiger partial charge in [-0.05, 0) is 98.2 Å². The standard InChI is InChI=1S/C25H33N/c1-24-14-5-3-7-18(24)9-11-21-22-12-10-19(17-20-8-4-6-16-26-20)25(22,2)15-13-23(21)24/h4,6,8-9,16-17,21-23H,3,5,7,10-15H2,1-2H3/t21-,22-,23-,24-,25+/m0/s1. The van der Waals surface area contributed by atoms with Crippen LogP contribution in [0.2, 0.25) is 0 Å². The molecule has 0 radical (unpaired) electrons. The Hall–Kier alpha value is -1.37. The Labute approximate surface area is 159 Å². The van der Waals surface area contributed by atoms with E-state index in [2.05, 4.69) is 43.1 Å². The van der Waals surface area contributed by atoms with E-state index in [1.807, 2.05) is 17.8 Å². The average molecular weight is 348 g/mol. The molecule has 0 N–H and O–H groups in total. The van der Waals surface area contributed by atoms with Crippen LogP contribution in [0.15, 0.2) is 41.6 Å². The first-order valence-corrected chi connectivity index (χ1v) is 10.9. The van der Waals surface area contributed by atoms with Crippen molar-refractivity contribution < 1.29 is 0 Å². The number of fused-ring (bicyclic) bond motifs is 5. The van der Waals surface area contributed by atoms with Crippen LogP contribution in [0.25, 0.3) is 6.08 Å². The summed E-state index contributed by atoms with van der Waals surface area (Å²) in [6.07, 6.45) is 19.6. The predicted molar refractivity (Wildman–Crippen MR) is 109 cm³/mol. The number of nitrogens with zero attached hydrogens (tertiary/aromatic N) is 1. The maximum atomic E-state index is 4.57. The summed E-state index contributed by atoms with van der Waals surface area (Å²) in [6, 6.07) is 6.29. The van der Waals surface area contributed by atoms with E-state index in [0.29, 0.717) is 10.8 Å². The number of pyridine rings is 1. The predicted octanol–water partition coefficient (Wildman–Crippen LogP) is 6.82. The second-order valence-corrected chi connectivity index (χ2v) is 9.89. The van der Waals surface area contributed by atoms with Gasteiger partial charge in [0, 0.05) is 6.20 Å². The molecule has 0 bridgehead atoms. The van der Waals surface area contributed by atoms with Gasteiger partial charge >= 0.3 is 0 Å². The summed E-state index contributed by atoms with van der Waals surface area (Å²) in [7, 11) is 0. The first-order chi connectivity index (χ1) is 12.6. The number of allylic oxidation sites excluding steroid dienone is 3. The van der Waals surface area contributed by atoms with Crippen molar-refractivity contribution in [3.05, 3.63) is 47.3 Å². The van der Waals surface area contributed by atoms with Crippen LogP contribution in [-0.4, -0.2) is 4.98 Å². The Morgan fingerprint density at radius 1 is 1.00 bits per heavy atom. The lowest BCUT2D eigenvalue weighted by Gasteiger charge is -2.57. The molecule has 0 aromatic carbocycles. The van der Waals surface area contributed by atoms with E-state index < -0.39 is 0 Å². The van der Waals surface area contributed by atoms with Gasteiger partial charge < -0.3 is 0 Å². The lowest BCUT2D eigenvalue weighted by molar-refractivity contribution is -0.0133. The molecule has 3 saturated carbocycles. The maximum absolute atomic E-state index is 4.57. The topological polar surface area (TPSA) is 12.9 Å². The first-order valence-electron chi connectivity index (χ1n) is 10.9. The SMILES string of the molecule is C[C@]12CCCCC1=CC[C@@H]1[C@@H]2CC[C@]2(C)C(=Cc3ccccn3)CC[C@@H]12. The third-order valence-corrected chi connectivity index (χ3v) is 8.88. The molecule has 1 heterocycles. The monoisotopic (exact) mass is 347 g/mol. The molecule has 0 spiro atoms. The Kier molecular flexibility index (Phi) is 3.92. The highest BCUT2D eigenvalue weighted by atomic mass is 14.7. The summed E-state index contributed by atoms with van der Waals surface area (Å²) in [5.41, 5.74) is 5.60. The fourth-order valence-electron chi connectivity index (χ4n) is 7.42. The first kappa shape index (κ1) is 16.8. The van der Waals surface area contributed by atoms with E-state index in [1.165, 1.54) is 57.8 Å². The van der Waals surface area contributed by atoms with E-state index in [-0.39, 0.29) is 0 Å². The van der Waals surface area contributed by atoms with Crippen LogP contribution in [0, 0.1) is 28.6 Å². The fourth-order valence-corrected chi connectivity index (χ4v) is 7.42. The van der Waals surface area contributed by atoms with Gasteiger partial charge in [-0.15, -0.1) is 0 Å². The average Bonchev–Trinajstić information content (AvgIpc) is 2.98. The summed E-state index contributed by atoms with van der Waals surface area (Å²) in [4.78, 5) is 4.57. The van der Waals surface area contributed by atoms with Crippen molar-refractivity contribution in [2.75, 3.05) is 0 Å². The number of hydrogen-bond acceptors (Lipinski definition) is 1. The van der Waals surface area contributed by atoms with Crippen molar-refractivity contribution in [2.24, 2.45) is 28.6 Å². The quantitative estimate of drug-likeness (QED) is 0.508. The van der Waals surface area contributed by atoms with Crippen LogP contribution in [-0.2, 0) is 0 Å². The molecule has 1 aromatic rings. The van der Waals surface area contributed by atoms with Gasteiger partial charge in [0.15, 0.2) is 0 Å². The van der Waals surface area contributed by atoms with Gasteiger partial charge in [0.1, 0.15) is 0 Å². The number of aromatic nitrogens is 1. The zero-order valence-electron chi connectivity index (χ0n) is 16.5. The highest BCUT2D eigenvalue weighted by molar-refractivity contribution is 5.52. The van der Waals surface area contributed by atoms with Crippen molar-refractivity contribution in [3.63, 3.8) is 0 Å². The number of hydrogen-bond donors (Lipinski definition) is 0. The van der Waals surface area contributed by atoms with Crippen LogP contribution in [0.3, 0.4) is 0 Å². The van der Waals surface area contributed by atoms with Gasteiger partial charge in [0.25, 0.3) is 0 Å². The van der Waals surface area contributed by atoms with E-state index in [0.717, 1.165) is 23.4 Å². The largest absolute Gasteiger partial charge is 0.257 e. The summed E-state index contributed by atoms with van der Waals surface area (Å²) in [6.45, 7) is 5.20. The van der Waals surface area contributed by atoms with Gasteiger partial charge in [-0.3, -0.25) is 4.98 Å². The van der Waals surface area contributed by atoms with Crippen molar-refractivity contribution in [1.29, 1.82) is 0 Å². The third-order valence-electron chi connectivity index (χ3n) is 8.88. The van der Waals surface area contributed by atoms with E-state index in [4.69, 9.17) is 0 Å². The van der Waals surface area contributed by atoms with Gasteiger partial charge in [-0.25, -0.2) is 0 Å². The molecule has 0 amide bonds. The van der Waals surface area contributed by atoms with E-state index >= 15 is 0 Å². The summed E-state index contributed by atoms with van der Waals surface area (Å²) in [5.74, 6) is 2.73. The van der Waals surface area contributed by atoms with E-state index in [9.17, 15) is 0 Å². The summed E-state index contributed by atoms with van der Waals surface area (Å²) >= 11 is 0. The second-order valence-electron chi connectivity index (χ2n) is 9.89. The lowest BCUT2D eigenvalue weighted by atomic mass is 9.48. The van der Waals surface area contributed by atoms with Gasteiger partial charge in [-0.2, -0.15) is 0 Å². The lowest BCUT2D eigenvalue weighted by Crippen LogP contribution is -2.48. The van der Waals surface area contributed by atoms with Crippen molar-refractivity contribution in [2.45, 2.75) is 71.6 Å². The van der Waals surface area contributed by atoms with Crippen LogP contribution < -0.4 is 0 Å². The highest BCUT2D eigenvalue weighted by Crippen LogP contribution is 2.66. The molecule has 0 unspecified atom stereocenters. The zero-order chi connectivity index (χ0) is 17.8. The Morgan fingerprint density at radius 3 is 2.73 bits per heavy atom. The highest BCUT2D eigenvalue weighted by Gasteiger charge is 2.56. The van der Waals surface area contributed by atoms with Gasteiger partial charge in [0.05, 0.1) is 5.69 Å². The molecule has 1 nitrogen and oxygen atoms in total. The van der Waals surface area contributed by atoms with E-state index in [1.54, 1.807) is 5.57 Å². The second kappa shape index (κ2) is 6.08. The maximum Gasteiger partial charge on any atom is 0.0629 e. The zero-order valence-corrected chi connectivity index (χ0v) is 16.5. The third kappa shape index (κ3) is 2.38. The summed E-state index contributed by atoms with van der Waals surface area (Å²) < 4.78 is 0. The molecule has 5 rings (SSSR count). The minimum atomic E-state index is 0.412. The minimum Gasteiger partial charge on any atom is -0.257 e. The molecule has 3 fully saturated rings. The molecule has 0 aliphatic heterocycles. The Morgan fingerprint density at radius 2 is 1.88 bits per heavy atom. The van der Waals surface area contributed by atoms with Crippen LogP contribution in [0.5, 0.6) is 0 Å². The molecule has 138 valence electrons. The molecular weight excluding hydrogens is 314 g/mol. The fraction of sp³-hybridized carbons (Fsp3) is 0.640. The van der Waals surface area contributed by atoms with Gasteiger partial charge in [0.2, 0.25) is 0 Å². The van der Waals surface area contributed by atoms with Crippen LogP contribution >= 0.6 is 0 Å². The molecule has 1 aromatic heterocycles. The normalized spacial score (nSPS) is 43.4. The molecule has 1 heteroatoms. The Balaban J connectivity index is 1.47. The molecule has 4 aliphatic rings. The van der Waals surface area contributed by atoms with Crippen LogP contribution in [0.4, 0.5) is 0 Å². The van der Waals surface area contributed by atoms with Crippen molar-refractivity contribution in [3.8, 4) is 0 Å². The molecule has 4 aliphatic carbocycles. The minimum absolute atomic E-state index is 0.412. The smallest absolute Gasteiger partial charge is 0.0629 e. The Bertz CT molecular complexity index is 745. The molecule has 26 heavy (non-hydrogen) atoms. The molecule has 5 atom stereocenters. The molecule has 0 saturated heterocycles. The summed E-state index contributed by atoms with van der Waals surface area (Å²) in [5, 5.41) is 0. The van der Waals surface area contributed by atoms with Crippen molar-refractivity contribution >= 4 is 6.08 Å².